The number of carboxylic acids is 1. The second-order valence-corrected chi connectivity index (χ2v) is 4.31. The molecule has 1 aliphatic rings. The van der Waals surface area contributed by atoms with E-state index in [1.54, 1.807) is 22.2 Å². The number of carboxylic acid groups (broad SMARTS) is 1. The standard InChI is InChI=1S/C11H13N3O3/c1-13-9(10(15)16)5-14-4-8(12-11(13)14)7-2-3-17-6-7/h4-5,7H,2-3,6H2,1H3,(H,15,16). The second kappa shape index (κ2) is 3.59. The fourth-order valence-corrected chi connectivity index (χ4v) is 2.23. The van der Waals surface area contributed by atoms with Gasteiger partial charge in [-0.3, -0.25) is 4.40 Å². The fraction of sp³-hybridized carbons (Fsp3) is 0.455. The number of carbonyl (C=O) groups is 1. The van der Waals surface area contributed by atoms with Crippen molar-refractivity contribution in [1.29, 1.82) is 0 Å². The molecule has 0 aromatic carbocycles. The molecule has 1 N–H and O–H groups in total. The van der Waals surface area contributed by atoms with E-state index < -0.39 is 5.97 Å². The molecule has 2 aromatic rings. The van der Waals surface area contributed by atoms with Crippen LogP contribution < -0.4 is 0 Å². The van der Waals surface area contributed by atoms with E-state index in [1.807, 2.05) is 6.20 Å². The molecule has 0 bridgehead atoms. The van der Waals surface area contributed by atoms with Crippen LogP contribution in [0.2, 0.25) is 0 Å². The van der Waals surface area contributed by atoms with Gasteiger partial charge in [-0.25, -0.2) is 9.78 Å². The van der Waals surface area contributed by atoms with Gasteiger partial charge in [0, 0.05) is 32.0 Å². The Morgan fingerprint density at radius 3 is 3.00 bits per heavy atom. The predicted molar refractivity (Wildman–Crippen MR) is 59.3 cm³/mol. The maximum Gasteiger partial charge on any atom is 0.354 e. The third-order valence-corrected chi connectivity index (χ3v) is 3.22. The Morgan fingerprint density at radius 2 is 2.41 bits per heavy atom. The minimum absolute atomic E-state index is 0.238. The summed E-state index contributed by atoms with van der Waals surface area (Å²) < 4.78 is 8.67. The van der Waals surface area contributed by atoms with Crippen molar-refractivity contribution in [3.8, 4) is 0 Å². The Morgan fingerprint density at radius 1 is 1.59 bits per heavy atom. The summed E-state index contributed by atoms with van der Waals surface area (Å²) in [5, 5.41) is 8.98. The Kier molecular flexibility index (Phi) is 2.19. The van der Waals surface area contributed by atoms with E-state index in [1.165, 1.54) is 0 Å². The summed E-state index contributed by atoms with van der Waals surface area (Å²) in [4.78, 5) is 15.4. The molecule has 0 amide bonds. The van der Waals surface area contributed by atoms with E-state index in [0.29, 0.717) is 18.3 Å². The van der Waals surface area contributed by atoms with Gasteiger partial charge in [-0.05, 0) is 6.42 Å². The molecule has 1 atom stereocenters. The maximum atomic E-state index is 10.9. The highest BCUT2D eigenvalue weighted by atomic mass is 16.5. The predicted octanol–water partition coefficient (Wildman–Crippen LogP) is 0.875. The molecule has 17 heavy (non-hydrogen) atoms. The van der Waals surface area contributed by atoms with Gasteiger partial charge in [0.05, 0.1) is 12.3 Å². The van der Waals surface area contributed by atoms with Crippen LogP contribution in [0.4, 0.5) is 0 Å². The number of ether oxygens (including phenoxy) is 1. The number of hydrogen-bond acceptors (Lipinski definition) is 3. The summed E-state index contributed by atoms with van der Waals surface area (Å²) in [6.07, 6.45) is 4.46. The number of aromatic nitrogens is 3. The van der Waals surface area contributed by atoms with Gasteiger partial charge in [0.2, 0.25) is 5.78 Å². The molecule has 2 aromatic heterocycles. The highest BCUT2D eigenvalue weighted by Crippen LogP contribution is 2.25. The van der Waals surface area contributed by atoms with Crippen LogP contribution in [-0.4, -0.2) is 38.2 Å². The zero-order valence-electron chi connectivity index (χ0n) is 9.46. The van der Waals surface area contributed by atoms with E-state index in [-0.39, 0.29) is 5.69 Å². The van der Waals surface area contributed by atoms with E-state index in [2.05, 4.69) is 4.98 Å². The van der Waals surface area contributed by atoms with Crippen LogP contribution in [0.5, 0.6) is 0 Å². The molecular formula is C11H13N3O3. The van der Waals surface area contributed by atoms with Crippen molar-refractivity contribution in [3.05, 3.63) is 23.8 Å². The molecule has 3 heterocycles. The van der Waals surface area contributed by atoms with Crippen molar-refractivity contribution in [2.45, 2.75) is 12.3 Å². The first-order valence-electron chi connectivity index (χ1n) is 5.52. The van der Waals surface area contributed by atoms with Crippen LogP contribution >= 0.6 is 0 Å². The molecule has 0 spiro atoms. The molecule has 3 rings (SSSR count). The van der Waals surface area contributed by atoms with Crippen LogP contribution in [0.1, 0.15) is 28.5 Å². The maximum absolute atomic E-state index is 10.9. The number of fused-ring (bicyclic) bond motifs is 1. The highest BCUT2D eigenvalue weighted by molar-refractivity contribution is 5.86. The molecule has 0 aliphatic carbocycles. The number of nitrogens with zero attached hydrogens (tertiary/aromatic N) is 3. The lowest BCUT2D eigenvalue weighted by atomic mass is 10.1. The third kappa shape index (κ3) is 1.52. The zero-order valence-corrected chi connectivity index (χ0v) is 9.46. The molecular weight excluding hydrogens is 222 g/mol. The quantitative estimate of drug-likeness (QED) is 0.838. The van der Waals surface area contributed by atoms with Crippen LogP contribution in [0, 0.1) is 0 Å². The number of rotatable bonds is 2. The van der Waals surface area contributed by atoms with Crippen molar-refractivity contribution in [2.24, 2.45) is 7.05 Å². The Balaban J connectivity index is 2.05. The first kappa shape index (κ1) is 10.3. The van der Waals surface area contributed by atoms with Gasteiger partial charge in [-0.2, -0.15) is 0 Å². The van der Waals surface area contributed by atoms with Gasteiger partial charge < -0.3 is 14.4 Å². The van der Waals surface area contributed by atoms with Gasteiger partial charge in [-0.15, -0.1) is 0 Å². The molecule has 1 fully saturated rings. The fourth-order valence-electron chi connectivity index (χ4n) is 2.23. The van der Waals surface area contributed by atoms with Crippen molar-refractivity contribution in [1.82, 2.24) is 14.0 Å². The highest BCUT2D eigenvalue weighted by Gasteiger charge is 2.22. The van der Waals surface area contributed by atoms with Crippen molar-refractivity contribution in [3.63, 3.8) is 0 Å². The monoisotopic (exact) mass is 235 g/mol. The summed E-state index contributed by atoms with van der Waals surface area (Å²) in [7, 11) is 1.71. The molecule has 90 valence electrons. The van der Waals surface area contributed by atoms with E-state index in [9.17, 15) is 4.79 Å². The number of imidazole rings is 2. The molecule has 6 heteroatoms. The van der Waals surface area contributed by atoms with Crippen LogP contribution in [0.3, 0.4) is 0 Å². The molecule has 6 nitrogen and oxygen atoms in total. The van der Waals surface area contributed by atoms with Crippen molar-refractivity contribution in [2.75, 3.05) is 13.2 Å². The largest absolute Gasteiger partial charge is 0.477 e. The van der Waals surface area contributed by atoms with Gasteiger partial charge in [-0.1, -0.05) is 0 Å². The van der Waals surface area contributed by atoms with Gasteiger partial charge in [0.1, 0.15) is 5.69 Å². The molecule has 0 radical (unpaired) electrons. The first-order chi connectivity index (χ1) is 8.16. The summed E-state index contributed by atoms with van der Waals surface area (Å²) in [6.45, 7) is 1.48. The van der Waals surface area contributed by atoms with E-state index in [4.69, 9.17) is 9.84 Å². The topological polar surface area (TPSA) is 68.8 Å². The van der Waals surface area contributed by atoms with Crippen LogP contribution in [0.25, 0.3) is 5.78 Å². The SMILES string of the molecule is Cn1c(C(=O)O)cn2cc(C3CCOC3)nc12. The Bertz CT molecular complexity index is 578. The van der Waals surface area contributed by atoms with E-state index >= 15 is 0 Å². The summed E-state index contributed by atoms with van der Waals surface area (Å²) in [5.41, 5.74) is 1.21. The van der Waals surface area contributed by atoms with Gasteiger partial charge in [0.15, 0.2) is 0 Å². The lowest BCUT2D eigenvalue weighted by Gasteiger charge is -2.01. The smallest absolute Gasteiger partial charge is 0.354 e. The average Bonchev–Trinajstić information content (AvgIpc) is 2.94. The van der Waals surface area contributed by atoms with Crippen LogP contribution in [0.15, 0.2) is 12.4 Å². The van der Waals surface area contributed by atoms with Crippen molar-refractivity contribution >= 4 is 11.7 Å². The van der Waals surface area contributed by atoms with E-state index in [0.717, 1.165) is 18.7 Å². The lowest BCUT2D eigenvalue weighted by molar-refractivity contribution is 0.0686. The molecule has 1 unspecified atom stereocenters. The minimum Gasteiger partial charge on any atom is -0.477 e. The normalized spacial score (nSPS) is 20.2. The summed E-state index contributed by atoms with van der Waals surface area (Å²) >= 11 is 0. The van der Waals surface area contributed by atoms with Crippen molar-refractivity contribution < 1.29 is 14.6 Å². The first-order valence-corrected chi connectivity index (χ1v) is 5.52. The van der Waals surface area contributed by atoms with Gasteiger partial charge >= 0.3 is 5.97 Å². The molecule has 1 aliphatic heterocycles. The Hall–Kier alpha value is -1.82. The molecule has 0 saturated carbocycles. The minimum atomic E-state index is -0.941. The summed E-state index contributed by atoms with van der Waals surface area (Å²) in [6, 6.07) is 0. The average molecular weight is 235 g/mol. The second-order valence-electron chi connectivity index (χ2n) is 4.31. The van der Waals surface area contributed by atoms with Gasteiger partial charge in [0.25, 0.3) is 0 Å². The number of hydrogen-bond donors (Lipinski definition) is 1. The third-order valence-electron chi connectivity index (χ3n) is 3.22. The number of aryl methyl sites for hydroxylation is 1. The Labute approximate surface area is 97.4 Å². The zero-order chi connectivity index (χ0) is 12.0. The summed E-state index contributed by atoms with van der Waals surface area (Å²) in [5.74, 6) is 0.0521. The van der Waals surface area contributed by atoms with Crippen LogP contribution in [-0.2, 0) is 11.8 Å². The molecule has 1 saturated heterocycles. The number of aromatic carboxylic acids is 1. The lowest BCUT2D eigenvalue weighted by Crippen LogP contribution is -2.05.